The largest absolute Gasteiger partial charge is 0.479 e. The summed E-state index contributed by atoms with van der Waals surface area (Å²) in [6.07, 6.45) is -0.496. The second-order valence-electron chi connectivity index (χ2n) is 5.16. The van der Waals surface area contributed by atoms with Crippen LogP contribution in [0.3, 0.4) is 0 Å². The van der Waals surface area contributed by atoms with Gasteiger partial charge in [-0.25, -0.2) is 4.79 Å². The molecule has 1 unspecified atom stereocenters. The normalized spacial score (nSPS) is 13.7. The number of aliphatic carboxylic acids is 1. The minimum Gasteiger partial charge on any atom is -0.479 e. The average molecular weight is 240 g/mol. The lowest BCUT2D eigenvalue weighted by Gasteiger charge is -2.13. The maximum Gasteiger partial charge on any atom is 0.333 e. The molecule has 0 saturated carbocycles. The Morgan fingerprint density at radius 3 is 2.53 bits per heavy atom. The molecule has 0 radical (unpaired) electrons. The number of nitrogens with zero attached hydrogens (tertiary/aromatic N) is 2. The van der Waals surface area contributed by atoms with Gasteiger partial charge in [0.05, 0.1) is 5.69 Å². The summed E-state index contributed by atoms with van der Waals surface area (Å²) in [4.78, 5) is 10.9. The second kappa shape index (κ2) is 4.87. The van der Waals surface area contributed by atoms with E-state index in [0.29, 0.717) is 6.42 Å². The van der Waals surface area contributed by atoms with Gasteiger partial charge < -0.3 is 9.84 Å². The summed E-state index contributed by atoms with van der Waals surface area (Å²) in [6.45, 7) is 6.22. The Balaban J connectivity index is 2.92. The Hall–Kier alpha value is -1.36. The van der Waals surface area contributed by atoms with Crippen molar-refractivity contribution in [3.63, 3.8) is 0 Å². The summed E-state index contributed by atoms with van der Waals surface area (Å²) < 4.78 is 6.64. The van der Waals surface area contributed by atoms with Crippen LogP contribution in [0.4, 0.5) is 0 Å². The number of carboxylic acids is 1. The first-order valence-electron chi connectivity index (χ1n) is 5.54. The number of carboxylic acid groups (broad SMARTS) is 1. The van der Waals surface area contributed by atoms with Crippen molar-refractivity contribution in [2.24, 2.45) is 7.05 Å². The first-order chi connectivity index (χ1) is 7.75. The van der Waals surface area contributed by atoms with E-state index in [0.717, 1.165) is 11.4 Å². The molecule has 1 rings (SSSR count). The number of hydrogen-bond acceptors (Lipinski definition) is 3. The average Bonchev–Trinajstić information content (AvgIpc) is 2.55. The van der Waals surface area contributed by atoms with Crippen LogP contribution >= 0.6 is 0 Å². The van der Waals surface area contributed by atoms with Crippen molar-refractivity contribution >= 4 is 5.97 Å². The van der Waals surface area contributed by atoms with E-state index in [1.807, 2.05) is 13.1 Å². The van der Waals surface area contributed by atoms with Gasteiger partial charge in [0.25, 0.3) is 0 Å². The predicted molar refractivity (Wildman–Crippen MR) is 64.0 cm³/mol. The molecule has 0 aliphatic rings. The fourth-order valence-corrected chi connectivity index (χ4v) is 1.52. The van der Waals surface area contributed by atoms with Crippen molar-refractivity contribution in [1.82, 2.24) is 9.78 Å². The quantitative estimate of drug-likeness (QED) is 0.863. The van der Waals surface area contributed by atoms with E-state index in [2.05, 4.69) is 25.9 Å². The Kier molecular flexibility index (Phi) is 3.93. The first kappa shape index (κ1) is 13.7. The van der Waals surface area contributed by atoms with Crippen molar-refractivity contribution in [3.8, 4) is 0 Å². The summed E-state index contributed by atoms with van der Waals surface area (Å²) in [7, 11) is 3.22. The van der Waals surface area contributed by atoms with E-state index in [1.54, 1.807) is 4.68 Å². The maximum absolute atomic E-state index is 10.9. The molecular formula is C12H20N2O3. The van der Waals surface area contributed by atoms with Gasteiger partial charge in [-0.1, -0.05) is 20.8 Å². The number of methoxy groups -OCH3 is 1. The minimum absolute atomic E-state index is 0.0399. The molecule has 1 aromatic heterocycles. The number of aromatic nitrogens is 2. The van der Waals surface area contributed by atoms with E-state index < -0.39 is 12.1 Å². The lowest BCUT2D eigenvalue weighted by atomic mass is 9.92. The van der Waals surface area contributed by atoms with E-state index in [1.165, 1.54) is 7.11 Å². The number of hydrogen-bond donors (Lipinski definition) is 1. The Labute approximate surface area is 101 Å². The van der Waals surface area contributed by atoms with Crippen LogP contribution in [0, 0.1) is 0 Å². The fourth-order valence-electron chi connectivity index (χ4n) is 1.52. The van der Waals surface area contributed by atoms with Gasteiger partial charge in [-0.05, 0) is 6.07 Å². The number of rotatable bonds is 4. The Morgan fingerprint density at radius 2 is 2.18 bits per heavy atom. The third kappa shape index (κ3) is 3.30. The van der Waals surface area contributed by atoms with Crippen molar-refractivity contribution < 1.29 is 14.6 Å². The van der Waals surface area contributed by atoms with Crippen molar-refractivity contribution in [2.75, 3.05) is 7.11 Å². The molecule has 96 valence electrons. The van der Waals surface area contributed by atoms with Crippen LogP contribution in [0.15, 0.2) is 6.07 Å². The lowest BCUT2D eigenvalue weighted by Crippen LogP contribution is -2.25. The van der Waals surface area contributed by atoms with Gasteiger partial charge in [0, 0.05) is 31.7 Å². The molecule has 0 aromatic carbocycles. The van der Waals surface area contributed by atoms with Gasteiger partial charge in [-0.3, -0.25) is 4.68 Å². The third-order valence-corrected chi connectivity index (χ3v) is 2.70. The smallest absolute Gasteiger partial charge is 0.333 e. The zero-order chi connectivity index (χ0) is 13.2. The highest BCUT2D eigenvalue weighted by Crippen LogP contribution is 2.22. The highest BCUT2D eigenvalue weighted by Gasteiger charge is 2.23. The molecule has 1 N–H and O–H groups in total. The first-order valence-corrected chi connectivity index (χ1v) is 5.54. The topological polar surface area (TPSA) is 64.4 Å². The number of aryl methyl sites for hydroxylation is 1. The SMILES string of the molecule is COC(Cc1cc(C(C)(C)C)nn1C)C(=O)O. The van der Waals surface area contributed by atoms with Crippen molar-refractivity contribution in [2.45, 2.75) is 38.7 Å². The van der Waals surface area contributed by atoms with E-state index in [9.17, 15) is 4.79 Å². The Morgan fingerprint density at radius 1 is 1.59 bits per heavy atom. The van der Waals surface area contributed by atoms with Crippen LogP contribution in [0.5, 0.6) is 0 Å². The number of ether oxygens (including phenoxy) is 1. The standard InChI is InChI=1S/C12H20N2O3/c1-12(2,3)10-7-8(14(4)13-10)6-9(17-5)11(15)16/h7,9H,6H2,1-5H3,(H,15,16). The lowest BCUT2D eigenvalue weighted by molar-refractivity contribution is -0.148. The van der Waals surface area contributed by atoms with Gasteiger partial charge >= 0.3 is 5.97 Å². The molecule has 1 atom stereocenters. The summed E-state index contributed by atoms with van der Waals surface area (Å²) in [5.74, 6) is -0.953. The summed E-state index contributed by atoms with van der Waals surface area (Å²) >= 11 is 0. The van der Waals surface area contributed by atoms with Crippen LogP contribution in [0.25, 0.3) is 0 Å². The van der Waals surface area contributed by atoms with Crippen LogP contribution < -0.4 is 0 Å². The van der Waals surface area contributed by atoms with Crippen LogP contribution in [-0.2, 0) is 28.4 Å². The molecular weight excluding hydrogens is 220 g/mol. The van der Waals surface area contributed by atoms with E-state index >= 15 is 0 Å². The predicted octanol–water partition coefficient (Wildman–Crippen LogP) is 1.36. The Bertz CT molecular complexity index is 404. The molecule has 0 fully saturated rings. The van der Waals surface area contributed by atoms with Gasteiger partial charge in [0.2, 0.25) is 0 Å². The van der Waals surface area contributed by atoms with Crippen molar-refractivity contribution in [1.29, 1.82) is 0 Å². The summed E-state index contributed by atoms with van der Waals surface area (Å²) in [6, 6.07) is 1.94. The molecule has 0 spiro atoms. The maximum atomic E-state index is 10.9. The van der Waals surface area contributed by atoms with Gasteiger partial charge in [-0.15, -0.1) is 0 Å². The van der Waals surface area contributed by atoms with Gasteiger partial charge in [-0.2, -0.15) is 5.10 Å². The highest BCUT2D eigenvalue weighted by atomic mass is 16.5. The molecule has 0 aliphatic heterocycles. The molecule has 0 saturated heterocycles. The number of carbonyl (C=O) groups is 1. The van der Waals surface area contributed by atoms with Crippen LogP contribution in [-0.4, -0.2) is 34.1 Å². The van der Waals surface area contributed by atoms with Gasteiger partial charge in [0.1, 0.15) is 0 Å². The zero-order valence-electron chi connectivity index (χ0n) is 11.0. The third-order valence-electron chi connectivity index (χ3n) is 2.70. The summed E-state index contributed by atoms with van der Waals surface area (Å²) in [5.41, 5.74) is 1.78. The highest BCUT2D eigenvalue weighted by molar-refractivity contribution is 5.72. The molecule has 1 aromatic rings. The fraction of sp³-hybridized carbons (Fsp3) is 0.667. The molecule has 5 nitrogen and oxygen atoms in total. The second-order valence-corrected chi connectivity index (χ2v) is 5.16. The molecule has 0 aliphatic carbocycles. The van der Waals surface area contributed by atoms with E-state index in [4.69, 9.17) is 9.84 Å². The van der Waals surface area contributed by atoms with Gasteiger partial charge in [0.15, 0.2) is 6.10 Å². The molecule has 1 heterocycles. The minimum atomic E-state index is -0.953. The molecule has 0 amide bonds. The molecule has 17 heavy (non-hydrogen) atoms. The van der Waals surface area contributed by atoms with Crippen molar-refractivity contribution in [3.05, 3.63) is 17.5 Å². The monoisotopic (exact) mass is 240 g/mol. The summed E-state index contributed by atoms with van der Waals surface area (Å²) in [5, 5.41) is 13.3. The molecule has 5 heteroatoms. The van der Waals surface area contributed by atoms with Crippen LogP contribution in [0.2, 0.25) is 0 Å². The molecule has 0 bridgehead atoms. The van der Waals surface area contributed by atoms with E-state index in [-0.39, 0.29) is 5.41 Å². The zero-order valence-corrected chi connectivity index (χ0v) is 11.0. The van der Waals surface area contributed by atoms with Crippen LogP contribution in [0.1, 0.15) is 32.2 Å².